The highest BCUT2D eigenvalue weighted by Gasteiger charge is 2.14. The van der Waals surface area contributed by atoms with Crippen molar-refractivity contribution in [2.45, 2.75) is 33.4 Å². The maximum atomic E-state index is 12.5. The van der Waals surface area contributed by atoms with Gasteiger partial charge < -0.3 is 20.5 Å². The third-order valence-electron chi connectivity index (χ3n) is 2.98. The summed E-state index contributed by atoms with van der Waals surface area (Å²) >= 11 is 0. The highest BCUT2D eigenvalue weighted by atomic mass is 19.3. The van der Waals surface area contributed by atoms with Gasteiger partial charge in [0.15, 0.2) is 0 Å². The fourth-order valence-electron chi connectivity index (χ4n) is 1.66. The molecule has 1 aromatic rings. The zero-order valence-corrected chi connectivity index (χ0v) is 12.8. The molecule has 0 aliphatic carbocycles. The summed E-state index contributed by atoms with van der Waals surface area (Å²) in [7, 11) is 0. The average molecular weight is 316 g/mol. The molecule has 0 heterocycles. The number of alkyl halides is 2. The van der Waals surface area contributed by atoms with Crippen LogP contribution in [0.2, 0.25) is 0 Å². The molecule has 0 saturated carbocycles. The van der Waals surface area contributed by atoms with E-state index in [0.717, 1.165) is 6.42 Å². The SMILES string of the molecule is CCCOc1ccc(CNC(=O)C(C)CN)c(OC(F)F)c1. The molecule has 5 nitrogen and oxygen atoms in total. The molecular weight excluding hydrogens is 294 g/mol. The van der Waals surface area contributed by atoms with Crippen molar-refractivity contribution in [3.63, 3.8) is 0 Å². The molecule has 1 aromatic carbocycles. The Kier molecular flexibility index (Phi) is 7.59. The van der Waals surface area contributed by atoms with E-state index >= 15 is 0 Å². The van der Waals surface area contributed by atoms with Crippen LogP contribution in [0, 0.1) is 5.92 Å². The Morgan fingerprint density at radius 3 is 2.73 bits per heavy atom. The van der Waals surface area contributed by atoms with Gasteiger partial charge in [-0.15, -0.1) is 0 Å². The number of benzene rings is 1. The molecule has 22 heavy (non-hydrogen) atoms. The highest BCUT2D eigenvalue weighted by Crippen LogP contribution is 2.26. The second kappa shape index (κ2) is 9.19. The Hall–Kier alpha value is -1.89. The smallest absolute Gasteiger partial charge is 0.387 e. The third-order valence-corrected chi connectivity index (χ3v) is 2.98. The molecule has 124 valence electrons. The van der Waals surface area contributed by atoms with Crippen LogP contribution in [-0.4, -0.2) is 25.7 Å². The quantitative estimate of drug-likeness (QED) is 0.733. The van der Waals surface area contributed by atoms with Crippen LogP contribution >= 0.6 is 0 Å². The summed E-state index contributed by atoms with van der Waals surface area (Å²) in [5.74, 6) is -0.143. The van der Waals surface area contributed by atoms with Gasteiger partial charge in [-0.3, -0.25) is 4.79 Å². The van der Waals surface area contributed by atoms with Crippen molar-refractivity contribution >= 4 is 5.91 Å². The number of rotatable bonds is 9. The summed E-state index contributed by atoms with van der Waals surface area (Å²) < 4.78 is 34.9. The Balaban J connectivity index is 2.80. The molecule has 1 rings (SSSR count). The van der Waals surface area contributed by atoms with Gasteiger partial charge in [0, 0.05) is 30.6 Å². The second-order valence-corrected chi connectivity index (χ2v) is 4.85. The normalized spacial score (nSPS) is 12.1. The van der Waals surface area contributed by atoms with E-state index in [1.54, 1.807) is 19.1 Å². The minimum Gasteiger partial charge on any atom is -0.493 e. The molecule has 0 radical (unpaired) electrons. The van der Waals surface area contributed by atoms with Gasteiger partial charge in [0.1, 0.15) is 11.5 Å². The minimum absolute atomic E-state index is 0.00990. The van der Waals surface area contributed by atoms with Crippen LogP contribution in [0.4, 0.5) is 8.78 Å². The van der Waals surface area contributed by atoms with Gasteiger partial charge >= 0.3 is 6.61 Å². The van der Waals surface area contributed by atoms with Gasteiger partial charge in [-0.1, -0.05) is 13.8 Å². The van der Waals surface area contributed by atoms with E-state index in [1.165, 1.54) is 6.07 Å². The molecule has 0 aliphatic rings. The lowest BCUT2D eigenvalue weighted by Gasteiger charge is -2.15. The molecule has 7 heteroatoms. The van der Waals surface area contributed by atoms with Crippen molar-refractivity contribution in [2.75, 3.05) is 13.2 Å². The van der Waals surface area contributed by atoms with Crippen molar-refractivity contribution in [3.8, 4) is 11.5 Å². The van der Waals surface area contributed by atoms with Crippen LogP contribution in [0.3, 0.4) is 0 Å². The summed E-state index contributed by atoms with van der Waals surface area (Å²) in [6.45, 7) is 1.47. The van der Waals surface area contributed by atoms with Crippen molar-refractivity contribution in [1.29, 1.82) is 0 Å². The standard InChI is InChI=1S/C15H22F2N2O3/c1-3-6-21-12-5-4-11(13(7-12)22-15(16)17)9-19-14(20)10(2)8-18/h4-5,7,10,15H,3,6,8-9,18H2,1-2H3,(H,19,20). The van der Waals surface area contributed by atoms with Crippen molar-refractivity contribution in [2.24, 2.45) is 11.7 Å². The fourth-order valence-corrected chi connectivity index (χ4v) is 1.66. The zero-order valence-electron chi connectivity index (χ0n) is 12.8. The summed E-state index contributed by atoms with van der Waals surface area (Å²) in [5, 5.41) is 2.64. The first-order valence-corrected chi connectivity index (χ1v) is 7.16. The van der Waals surface area contributed by atoms with E-state index < -0.39 is 6.61 Å². The van der Waals surface area contributed by atoms with Crippen LogP contribution in [0.5, 0.6) is 11.5 Å². The average Bonchev–Trinajstić information content (AvgIpc) is 2.50. The number of ether oxygens (including phenoxy) is 2. The molecule has 1 unspecified atom stereocenters. The van der Waals surface area contributed by atoms with Gasteiger partial charge in [0.2, 0.25) is 5.91 Å². The van der Waals surface area contributed by atoms with E-state index in [1.807, 2.05) is 6.92 Å². The van der Waals surface area contributed by atoms with Crippen molar-refractivity contribution in [3.05, 3.63) is 23.8 Å². The molecule has 1 atom stereocenters. The third kappa shape index (κ3) is 5.85. The maximum absolute atomic E-state index is 12.5. The molecular formula is C15H22F2N2O3. The fraction of sp³-hybridized carbons (Fsp3) is 0.533. The largest absolute Gasteiger partial charge is 0.493 e. The molecule has 0 spiro atoms. The van der Waals surface area contributed by atoms with E-state index in [4.69, 9.17) is 10.5 Å². The number of halogens is 2. The van der Waals surface area contributed by atoms with Crippen LogP contribution in [-0.2, 0) is 11.3 Å². The lowest BCUT2D eigenvalue weighted by atomic mass is 10.1. The first kappa shape index (κ1) is 18.2. The van der Waals surface area contributed by atoms with Gasteiger partial charge in [0.05, 0.1) is 6.61 Å². The van der Waals surface area contributed by atoms with Gasteiger partial charge in [-0.2, -0.15) is 8.78 Å². The Labute approximate surface area is 128 Å². The minimum atomic E-state index is -2.95. The molecule has 0 bridgehead atoms. The molecule has 0 saturated heterocycles. The zero-order chi connectivity index (χ0) is 16.5. The van der Waals surface area contributed by atoms with E-state index in [0.29, 0.717) is 17.9 Å². The first-order valence-electron chi connectivity index (χ1n) is 7.16. The summed E-state index contributed by atoms with van der Waals surface area (Å²) in [4.78, 5) is 11.7. The van der Waals surface area contributed by atoms with Crippen LogP contribution in [0.15, 0.2) is 18.2 Å². The monoisotopic (exact) mass is 316 g/mol. The number of carbonyl (C=O) groups excluding carboxylic acids is 1. The Morgan fingerprint density at radius 2 is 2.14 bits per heavy atom. The van der Waals surface area contributed by atoms with Crippen LogP contribution in [0.25, 0.3) is 0 Å². The van der Waals surface area contributed by atoms with Gasteiger partial charge in [-0.25, -0.2) is 0 Å². The predicted molar refractivity (Wildman–Crippen MR) is 78.9 cm³/mol. The van der Waals surface area contributed by atoms with E-state index in [-0.39, 0.29) is 30.7 Å². The van der Waals surface area contributed by atoms with Crippen molar-refractivity contribution < 1.29 is 23.0 Å². The van der Waals surface area contributed by atoms with E-state index in [2.05, 4.69) is 10.1 Å². The summed E-state index contributed by atoms with van der Waals surface area (Å²) in [6, 6.07) is 4.65. The summed E-state index contributed by atoms with van der Waals surface area (Å²) in [6.07, 6.45) is 0.805. The number of nitrogens with one attached hydrogen (secondary N) is 1. The number of nitrogens with two attached hydrogens (primary N) is 1. The van der Waals surface area contributed by atoms with Crippen molar-refractivity contribution in [1.82, 2.24) is 5.32 Å². The number of amides is 1. The number of hydrogen-bond donors (Lipinski definition) is 2. The second-order valence-electron chi connectivity index (χ2n) is 4.85. The molecule has 1 amide bonds. The Bertz CT molecular complexity index is 484. The molecule has 0 aliphatic heterocycles. The molecule has 0 aromatic heterocycles. The number of hydrogen-bond acceptors (Lipinski definition) is 4. The highest BCUT2D eigenvalue weighted by molar-refractivity contribution is 5.78. The predicted octanol–water partition coefficient (Wildman–Crippen LogP) is 2.29. The topological polar surface area (TPSA) is 73.6 Å². The summed E-state index contributed by atoms with van der Waals surface area (Å²) in [5.41, 5.74) is 5.85. The Morgan fingerprint density at radius 1 is 1.41 bits per heavy atom. The van der Waals surface area contributed by atoms with Crippen LogP contribution in [0.1, 0.15) is 25.8 Å². The lowest BCUT2D eigenvalue weighted by molar-refractivity contribution is -0.124. The van der Waals surface area contributed by atoms with Gasteiger partial charge in [0.25, 0.3) is 0 Å². The maximum Gasteiger partial charge on any atom is 0.387 e. The molecule has 0 fully saturated rings. The van der Waals surface area contributed by atoms with Gasteiger partial charge in [-0.05, 0) is 18.6 Å². The first-order chi connectivity index (χ1) is 10.5. The van der Waals surface area contributed by atoms with Crippen LogP contribution < -0.4 is 20.5 Å². The number of carbonyl (C=O) groups is 1. The van der Waals surface area contributed by atoms with E-state index in [9.17, 15) is 13.6 Å². The lowest BCUT2D eigenvalue weighted by Crippen LogP contribution is -2.32. The molecule has 3 N–H and O–H groups in total.